The van der Waals surface area contributed by atoms with Gasteiger partial charge in [0.1, 0.15) is 23.5 Å². The lowest BCUT2D eigenvalue weighted by molar-refractivity contribution is 0.475. The summed E-state index contributed by atoms with van der Waals surface area (Å²) in [5, 5.41) is 18.5. The van der Waals surface area contributed by atoms with Crippen LogP contribution in [-0.2, 0) is 0 Å². The number of halogens is 1. The van der Waals surface area contributed by atoms with Gasteiger partial charge in [0.25, 0.3) is 0 Å². The van der Waals surface area contributed by atoms with E-state index in [-0.39, 0.29) is 11.6 Å². The second-order valence-corrected chi connectivity index (χ2v) is 4.51. The van der Waals surface area contributed by atoms with Crippen molar-refractivity contribution in [2.75, 3.05) is 0 Å². The Morgan fingerprint density at radius 3 is 2.71 bits per heavy atom. The maximum absolute atomic E-state index is 13.2. The highest BCUT2D eigenvalue weighted by Gasteiger charge is 2.08. The summed E-state index contributed by atoms with van der Waals surface area (Å²) in [4.78, 5) is 7.20. The molecule has 0 saturated heterocycles. The molecule has 0 spiro atoms. The van der Waals surface area contributed by atoms with E-state index in [9.17, 15) is 14.8 Å². The Labute approximate surface area is 119 Å². The van der Waals surface area contributed by atoms with Gasteiger partial charge in [-0.05, 0) is 42.0 Å². The van der Waals surface area contributed by atoms with Crippen molar-refractivity contribution in [1.29, 1.82) is 5.26 Å². The third-order valence-electron chi connectivity index (χ3n) is 3.02. The SMILES string of the molecule is N#C/C(=C/c1ccc(O)cc1)c1nc2ccc(F)cc2[nH]1. The number of allylic oxidation sites excluding steroid dienone is 1. The van der Waals surface area contributed by atoms with Crippen molar-refractivity contribution >= 4 is 22.7 Å². The Hall–Kier alpha value is -3.13. The number of benzene rings is 2. The molecule has 5 heteroatoms. The molecule has 0 fully saturated rings. The third kappa shape index (κ3) is 2.60. The Bertz CT molecular complexity index is 873. The number of rotatable bonds is 2. The van der Waals surface area contributed by atoms with E-state index in [2.05, 4.69) is 16.0 Å². The number of imidazole rings is 1. The summed E-state index contributed by atoms with van der Waals surface area (Å²) in [5.74, 6) is 0.176. The van der Waals surface area contributed by atoms with Gasteiger partial charge in [-0.25, -0.2) is 9.37 Å². The predicted molar refractivity (Wildman–Crippen MR) is 77.6 cm³/mol. The Morgan fingerprint density at radius 1 is 1.24 bits per heavy atom. The number of hydrogen-bond donors (Lipinski definition) is 2. The quantitative estimate of drug-likeness (QED) is 0.705. The Balaban J connectivity index is 2.05. The summed E-state index contributed by atoms with van der Waals surface area (Å²) in [6.07, 6.45) is 1.65. The van der Waals surface area contributed by atoms with Crippen LogP contribution in [0.2, 0.25) is 0 Å². The number of nitriles is 1. The predicted octanol–water partition coefficient (Wildman–Crippen LogP) is 3.47. The lowest BCUT2D eigenvalue weighted by Crippen LogP contribution is -1.84. The fourth-order valence-electron chi connectivity index (χ4n) is 2.00. The van der Waals surface area contributed by atoms with Crippen LogP contribution < -0.4 is 0 Å². The average molecular weight is 279 g/mol. The molecule has 1 aromatic heterocycles. The first kappa shape index (κ1) is 12.9. The van der Waals surface area contributed by atoms with Crippen LogP contribution in [0.1, 0.15) is 11.4 Å². The van der Waals surface area contributed by atoms with Gasteiger partial charge < -0.3 is 10.1 Å². The van der Waals surface area contributed by atoms with E-state index in [0.29, 0.717) is 22.4 Å². The molecular weight excluding hydrogens is 269 g/mol. The molecule has 0 saturated carbocycles. The minimum Gasteiger partial charge on any atom is -0.508 e. The van der Waals surface area contributed by atoms with Crippen LogP contribution in [0.15, 0.2) is 42.5 Å². The van der Waals surface area contributed by atoms with Gasteiger partial charge in [-0.2, -0.15) is 5.26 Å². The third-order valence-corrected chi connectivity index (χ3v) is 3.02. The monoisotopic (exact) mass is 279 g/mol. The fourth-order valence-corrected chi connectivity index (χ4v) is 2.00. The summed E-state index contributed by atoms with van der Waals surface area (Å²) in [7, 11) is 0. The minimum atomic E-state index is -0.362. The molecule has 2 N–H and O–H groups in total. The van der Waals surface area contributed by atoms with Crippen molar-refractivity contribution < 1.29 is 9.50 Å². The number of aromatic hydroxyl groups is 1. The zero-order valence-corrected chi connectivity index (χ0v) is 10.8. The van der Waals surface area contributed by atoms with Crippen molar-refractivity contribution in [2.45, 2.75) is 0 Å². The number of hydrogen-bond acceptors (Lipinski definition) is 3. The van der Waals surface area contributed by atoms with Gasteiger partial charge >= 0.3 is 0 Å². The highest BCUT2D eigenvalue weighted by atomic mass is 19.1. The highest BCUT2D eigenvalue weighted by Crippen LogP contribution is 2.20. The Kier molecular flexibility index (Phi) is 3.13. The zero-order valence-electron chi connectivity index (χ0n) is 10.8. The molecule has 3 aromatic rings. The van der Waals surface area contributed by atoms with E-state index >= 15 is 0 Å². The molecule has 1 heterocycles. The summed E-state index contributed by atoms with van der Waals surface area (Å²) in [6, 6.07) is 12.7. The van der Waals surface area contributed by atoms with Gasteiger partial charge in [0.2, 0.25) is 0 Å². The molecule has 0 radical (unpaired) electrons. The number of fused-ring (bicyclic) bond motifs is 1. The van der Waals surface area contributed by atoms with Gasteiger partial charge in [0.15, 0.2) is 0 Å². The lowest BCUT2D eigenvalue weighted by atomic mass is 10.1. The summed E-state index contributed by atoms with van der Waals surface area (Å²) in [5.41, 5.74) is 2.23. The maximum Gasteiger partial charge on any atom is 0.149 e. The molecule has 0 aliphatic carbocycles. The number of phenolic OH excluding ortho intramolecular Hbond substituents is 1. The molecular formula is C16H10FN3O. The van der Waals surface area contributed by atoms with E-state index in [1.54, 1.807) is 24.3 Å². The molecule has 3 rings (SSSR count). The molecule has 0 aliphatic rings. The molecule has 0 bridgehead atoms. The van der Waals surface area contributed by atoms with Crippen LogP contribution in [0.4, 0.5) is 4.39 Å². The molecule has 0 aliphatic heterocycles. The second kappa shape index (κ2) is 5.10. The van der Waals surface area contributed by atoms with Crippen molar-refractivity contribution in [1.82, 2.24) is 9.97 Å². The summed E-state index contributed by atoms with van der Waals surface area (Å²) < 4.78 is 13.2. The number of nitrogens with zero attached hydrogens (tertiary/aromatic N) is 2. The van der Waals surface area contributed by atoms with Crippen LogP contribution in [0.25, 0.3) is 22.7 Å². The smallest absolute Gasteiger partial charge is 0.149 e. The van der Waals surface area contributed by atoms with Crippen LogP contribution >= 0.6 is 0 Å². The largest absolute Gasteiger partial charge is 0.508 e. The Morgan fingerprint density at radius 2 is 2.00 bits per heavy atom. The van der Waals surface area contributed by atoms with Gasteiger partial charge in [-0.3, -0.25) is 0 Å². The molecule has 0 unspecified atom stereocenters. The van der Waals surface area contributed by atoms with Crippen molar-refractivity contribution in [2.24, 2.45) is 0 Å². The molecule has 0 amide bonds. The van der Waals surface area contributed by atoms with E-state index in [1.807, 2.05) is 0 Å². The number of H-pyrrole nitrogens is 1. The molecule has 0 atom stereocenters. The molecule has 102 valence electrons. The van der Waals surface area contributed by atoms with Crippen LogP contribution in [0.5, 0.6) is 5.75 Å². The first-order valence-corrected chi connectivity index (χ1v) is 6.22. The maximum atomic E-state index is 13.2. The molecule has 4 nitrogen and oxygen atoms in total. The first-order valence-electron chi connectivity index (χ1n) is 6.22. The van der Waals surface area contributed by atoms with Crippen LogP contribution in [0.3, 0.4) is 0 Å². The fraction of sp³-hybridized carbons (Fsp3) is 0. The standard InChI is InChI=1S/C16H10FN3O/c17-12-3-6-14-15(8-12)20-16(19-14)11(9-18)7-10-1-4-13(21)5-2-10/h1-8,21H,(H,19,20)/b11-7-. The zero-order chi connectivity index (χ0) is 14.8. The summed E-state index contributed by atoms with van der Waals surface area (Å²) in [6.45, 7) is 0. The van der Waals surface area contributed by atoms with E-state index < -0.39 is 0 Å². The normalized spacial score (nSPS) is 11.5. The first-order chi connectivity index (χ1) is 10.2. The van der Waals surface area contributed by atoms with E-state index in [0.717, 1.165) is 5.56 Å². The van der Waals surface area contributed by atoms with Gasteiger partial charge in [-0.15, -0.1) is 0 Å². The van der Waals surface area contributed by atoms with Crippen molar-refractivity contribution in [3.8, 4) is 11.8 Å². The van der Waals surface area contributed by atoms with E-state index in [4.69, 9.17) is 0 Å². The highest BCUT2D eigenvalue weighted by molar-refractivity contribution is 5.90. The van der Waals surface area contributed by atoms with Gasteiger partial charge in [0, 0.05) is 0 Å². The topological polar surface area (TPSA) is 72.7 Å². The number of phenols is 1. The van der Waals surface area contributed by atoms with Gasteiger partial charge in [0.05, 0.1) is 16.6 Å². The number of aromatic nitrogens is 2. The van der Waals surface area contributed by atoms with Crippen LogP contribution in [-0.4, -0.2) is 15.1 Å². The number of nitrogens with one attached hydrogen (secondary N) is 1. The number of aromatic amines is 1. The summed E-state index contributed by atoms with van der Waals surface area (Å²) >= 11 is 0. The molecule has 2 aromatic carbocycles. The van der Waals surface area contributed by atoms with Crippen molar-refractivity contribution in [3.63, 3.8) is 0 Å². The average Bonchev–Trinajstić information content (AvgIpc) is 2.89. The van der Waals surface area contributed by atoms with Gasteiger partial charge in [-0.1, -0.05) is 12.1 Å². The lowest BCUT2D eigenvalue weighted by Gasteiger charge is -1.96. The minimum absolute atomic E-state index is 0.157. The van der Waals surface area contributed by atoms with Crippen molar-refractivity contribution in [3.05, 3.63) is 59.7 Å². The van der Waals surface area contributed by atoms with E-state index in [1.165, 1.54) is 24.3 Å². The molecule has 21 heavy (non-hydrogen) atoms. The second-order valence-electron chi connectivity index (χ2n) is 4.51. The van der Waals surface area contributed by atoms with Crippen LogP contribution in [0, 0.1) is 17.1 Å².